The van der Waals surface area contributed by atoms with Crippen LogP contribution >= 0.6 is 11.6 Å². The Morgan fingerprint density at radius 1 is 1.13 bits per heavy atom. The Balaban J connectivity index is 2.36. The molecule has 1 aliphatic rings. The number of ketones is 1. The highest BCUT2D eigenvalue weighted by atomic mass is 35.5. The summed E-state index contributed by atoms with van der Waals surface area (Å²) in [5.74, 6) is -0.0730. The van der Waals surface area contributed by atoms with Crippen molar-refractivity contribution < 1.29 is 9.90 Å². The fourth-order valence-electron chi connectivity index (χ4n) is 1.52. The molecule has 1 N–H and O–H groups in total. The lowest BCUT2D eigenvalue weighted by Crippen LogP contribution is -2.02. The van der Waals surface area contributed by atoms with Gasteiger partial charge in [0.05, 0.1) is 0 Å². The van der Waals surface area contributed by atoms with Crippen molar-refractivity contribution in [3.63, 3.8) is 0 Å². The standard InChI is InChI=1S/C12H9ClO2/c13-10-3-1-8(2-4-10)9-5-11(14)7-12(15)6-9/h1-5,7,14H,6H2. The molecule has 0 spiro atoms. The second kappa shape index (κ2) is 3.91. The number of carbonyl (C=O) groups is 1. The van der Waals surface area contributed by atoms with Gasteiger partial charge in [0.15, 0.2) is 5.78 Å². The Labute approximate surface area is 92.5 Å². The minimum absolute atomic E-state index is 0.0104. The summed E-state index contributed by atoms with van der Waals surface area (Å²) in [6.45, 7) is 0. The van der Waals surface area contributed by atoms with Crippen LogP contribution in [0, 0.1) is 0 Å². The third-order valence-electron chi connectivity index (χ3n) is 2.21. The number of hydrogen-bond donors (Lipinski definition) is 1. The quantitative estimate of drug-likeness (QED) is 0.790. The van der Waals surface area contributed by atoms with E-state index in [2.05, 4.69) is 0 Å². The van der Waals surface area contributed by atoms with Gasteiger partial charge >= 0.3 is 0 Å². The molecule has 2 rings (SSSR count). The van der Waals surface area contributed by atoms with E-state index in [1.807, 2.05) is 12.1 Å². The van der Waals surface area contributed by atoms with Gasteiger partial charge in [-0.2, -0.15) is 0 Å². The van der Waals surface area contributed by atoms with Crippen molar-refractivity contribution in [1.29, 1.82) is 0 Å². The van der Waals surface area contributed by atoms with Gasteiger partial charge in [-0.3, -0.25) is 4.79 Å². The third-order valence-corrected chi connectivity index (χ3v) is 2.46. The number of rotatable bonds is 1. The summed E-state index contributed by atoms with van der Waals surface area (Å²) in [4.78, 5) is 11.2. The van der Waals surface area contributed by atoms with Crippen LogP contribution in [0.15, 0.2) is 42.2 Å². The predicted octanol–water partition coefficient (Wildman–Crippen LogP) is 3.14. The summed E-state index contributed by atoms with van der Waals surface area (Å²) < 4.78 is 0. The van der Waals surface area contributed by atoms with Crippen molar-refractivity contribution in [2.75, 3.05) is 0 Å². The van der Waals surface area contributed by atoms with Crippen molar-refractivity contribution in [2.24, 2.45) is 0 Å². The Hall–Kier alpha value is -1.54. The average molecular weight is 221 g/mol. The molecule has 0 saturated carbocycles. The molecule has 0 aliphatic heterocycles. The first kappa shape index (κ1) is 9.99. The van der Waals surface area contributed by atoms with Gasteiger partial charge in [0.2, 0.25) is 0 Å². The maximum absolute atomic E-state index is 11.2. The highest BCUT2D eigenvalue weighted by Gasteiger charge is 2.12. The molecule has 0 bridgehead atoms. The summed E-state index contributed by atoms with van der Waals surface area (Å²) >= 11 is 5.76. The molecule has 2 nitrogen and oxygen atoms in total. The summed E-state index contributed by atoms with van der Waals surface area (Å²) in [6, 6.07) is 7.19. The van der Waals surface area contributed by atoms with Gasteiger partial charge in [-0.05, 0) is 29.3 Å². The van der Waals surface area contributed by atoms with Crippen LogP contribution in [0.3, 0.4) is 0 Å². The zero-order chi connectivity index (χ0) is 10.8. The zero-order valence-corrected chi connectivity index (χ0v) is 8.66. The molecule has 0 saturated heterocycles. The fraction of sp³-hybridized carbons (Fsp3) is 0.0833. The van der Waals surface area contributed by atoms with Gasteiger partial charge in [-0.15, -0.1) is 0 Å². The number of allylic oxidation sites excluding steroid dienone is 3. The first-order valence-electron chi connectivity index (χ1n) is 4.55. The topological polar surface area (TPSA) is 37.3 Å². The van der Waals surface area contributed by atoms with Gasteiger partial charge in [0.25, 0.3) is 0 Å². The van der Waals surface area contributed by atoms with Crippen LogP contribution in [0.25, 0.3) is 5.57 Å². The van der Waals surface area contributed by atoms with E-state index in [1.165, 1.54) is 6.08 Å². The summed E-state index contributed by atoms with van der Waals surface area (Å²) in [5.41, 5.74) is 1.73. The smallest absolute Gasteiger partial charge is 0.163 e. The second-order valence-corrected chi connectivity index (χ2v) is 3.83. The van der Waals surface area contributed by atoms with Crippen LogP contribution < -0.4 is 0 Å². The first-order chi connectivity index (χ1) is 7.15. The van der Waals surface area contributed by atoms with Gasteiger partial charge in [0, 0.05) is 17.5 Å². The van der Waals surface area contributed by atoms with Gasteiger partial charge in [0.1, 0.15) is 5.76 Å². The molecule has 0 aromatic heterocycles. The van der Waals surface area contributed by atoms with Crippen molar-refractivity contribution in [3.8, 4) is 0 Å². The second-order valence-electron chi connectivity index (χ2n) is 3.39. The van der Waals surface area contributed by atoms with E-state index in [1.54, 1.807) is 18.2 Å². The molecule has 0 fully saturated rings. The lowest BCUT2D eigenvalue weighted by atomic mass is 9.96. The average Bonchev–Trinajstić information content (AvgIpc) is 2.17. The SMILES string of the molecule is O=C1C=C(O)C=C(c2ccc(Cl)cc2)C1. The molecule has 1 aliphatic carbocycles. The molecule has 0 heterocycles. The molecule has 76 valence electrons. The van der Waals surface area contributed by atoms with Gasteiger partial charge < -0.3 is 5.11 Å². The highest BCUT2D eigenvalue weighted by Crippen LogP contribution is 2.24. The zero-order valence-electron chi connectivity index (χ0n) is 7.90. The Morgan fingerprint density at radius 3 is 2.40 bits per heavy atom. The van der Waals surface area contributed by atoms with Crippen LogP contribution in [-0.2, 0) is 4.79 Å². The van der Waals surface area contributed by atoms with E-state index in [0.29, 0.717) is 11.4 Å². The largest absolute Gasteiger partial charge is 0.508 e. The minimum Gasteiger partial charge on any atom is -0.508 e. The molecular weight excluding hydrogens is 212 g/mol. The highest BCUT2D eigenvalue weighted by molar-refractivity contribution is 6.30. The maximum Gasteiger partial charge on any atom is 0.163 e. The Kier molecular flexibility index (Phi) is 2.60. The monoisotopic (exact) mass is 220 g/mol. The summed E-state index contributed by atoms with van der Waals surface area (Å²) in [7, 11) is 0. The van der Waals surface area contributed by atoms with Gasteiger partial charge in [-0.25, -0.2) is 0 Å². The predicted molar refractivity (Wildman–Crippen MR) is 59.8 cm³/mol. The number of hydrogen-bond acceptors (Lipinski definition) is 2. The van der Waals surface area contributed by atoms with Crippen molar-refractivity contribution in [3.05, 3.63) is 52.8 Å². The summed E-state index contributed by atoms with van der Waals surface area (Å²) in [6.07, 6.45) is 3.16. The molecule has 0 atom stereocenters. The number of benzene rings is 1. The van der Waals surface area contributed by atoms with E-state index < -0.39 is 0 Å². The van der Waals surface area contributed by atoms with Crippen LogP contribution in [0.1, 0.15) is 12.0 Å². The molecule has 0 amide bonds. The Bertz CT molecular complexity index is 455. The maximum atomic E-state index is 11.2. The molecule has 1 aromatic carbocycles. The Morgan fingerprint density at radius 2 is 1.80 bits per heavy atom. The molecule has 1 aromatic rings. The molecule has 0 unspecified atom stereocenters. The number of halogens is 1. The van der Waals surface area contributed by atoms with Crippen LogP contribution in [0.5, 0.6) is 0 Å². The number of aliphatic hydroxyl groups excluding tert-OH is 1. The molecule has 0 radical (unpaired) electrons. The van der Waals surface area contributed by atoms with Crippen LogP contribution in [0.2, 0.25) is 5.02 Å². The molecule has 3 heteroatoms. The van der Waals surface area contributed by atoms with E-state index in [9.17, 15) is 9.90 Å². The van der Waals surface area contributed by atoms with Gasteiger partial charge in [-0.1, -0.05) is 23.7 Å². The van der Waals surface area contributed by atoms with Crippen LogP contribution in [0.4, 0.5) is 0 Å². The molecular formula is C12H9ClO2. The number of aliphatic hydroxyl groups is 1. The third kappa shape index (κ3) is 2.28. The van der Waals surface area contributed by atoms with Crippen molar-refractivity contribution in [2.45, 2.75) is 6.42 Å². The van der Waals surface area contributed by atoms with Crippen LogP contribution in [-0.4, -0.2) is 10.9 Å². The van der Waals surface area contributed by atoms with Crippen molar-refractivity contribution in [1.82, 2.24) is 0 Å². The lowest BCUT2D eigenvalue weighted by molar-refractivity contribution is -0.113. The normalized spacial score (nSPS) is 15.9. The van der Waals surface area contributed by atoms with E-state index in [0.717, 1.165) is 11.1 Å². The first-order valence-corrected chi connectivity index (χ1v) is 4.93. The molecule has 15 heavy (non-hydrogen) atoms. The van der Waals surface area contributed by atoms with E-state index >= 15 is 0 Å². The van der Waals surface area contributed by atoms with E-state index in [-0.39, 0.29) is 11.5 Å². The van der Waals surface area contributed by atoms with Crippen molar-refractivity contribution >= 4 is 23.0 Å². The summed E-state index contributed by atoms with van der Waals surface area (Å²) in [5, 5.41) is 9.96. The lowest BCUT2D eigenvalue weighted by Gasteiger charge is -2.10. The number of carbonyl (C=O) groups excluding carboxylic acids is 1. The van der Waals surface area contributed by atoms with E-state index in [4.69, 9.17) is 11.6 Å². The minimum atomic E-state index is -0.0834. The fourth-order valence-corrected chi connectivity index (χ4v) is 1.65.